The van der Waals surface area contributed by atoms with Crippen molar-refractivity contribution in [3.05, 3.63) is 60.7 Å². The number of anilines is 1. The van der Waals surface area contributed by atoms with Gasteiger partial charge in [0.05, 0.1) is 17.4 Å². The summed E-state index contributed by atoms with van der Waals surface area (Å²) in [5.41, 5.74) is 2.88. The van der Waals surface area contributed by atoms with Crippen LogP contribution in [-0.4, -0.2) is 59.0 Å². The number of halogens is 1. The Morgan fingerprint density at radius 1 is 0.968 bits per heavy atom. The molecule has 3 aromatic rings. The fourth-order valence-electron chi connectivity index (χ4n) is 3.83. The lowest BCUT2D eigenvalue weighted by Crippen LogP contribution is -2.49. The summed E-state index contributed by atoms with van der Waals surface area (Å²) in [5, 5.41) is 2.84. The smallest absolute Gasteiger partial charge is 0.224 e. The molecule has 2 amide bonds. The molecule has 4 rings (SSSR count). The van der Waals surface area contributed by atoms with Crippen molar-refractivity contribution in [1.82, 2.24) is 19.8 Å². The van der Waals surface area contributed by atoms with Crippen molar-refractivity contribution in [3.8, 4) is 0 Å². The number of fused-ring (bicyclic) bond motifs is 1. The maximum absolute atomic E-state index is 13.1. The van der Waals surface area contributed by atoms with Gasteiger partial charge in [-0.15, -0.1) is 0 Å². The van der Waals surface area contributed by atoms with Crippen LogP contribution in [0, 0.1) is 5.82 Å². The van der Waals surface area contributed by atoms with Crippen LogP contribution < -0.4 is 10.2 Å². The zero-order valence-electron chi connectivity index (χ0n) is 17.3. The van der Waals surface area contributed by atoms with Crippen LogP contribution in [-0.2, 0) is 16.1 Å². The molecule has 0 aliphatic carbocycles. The van der Waals surface area contributed by atoms with E-state index in [1.807, 2.05) is 33.7 Å². The molecule has 0 unspecified atom stereocenters. The molecule has 0 atom stereocenters. The average molecular weight is 423 g/mol. The van der Waals surface area contributed by atoms with Crippen molar-refractivity contribution in [2.45, 2.75) is 19.4 Å². The van der Waals surface area contributed by atoms with Crippen molar-refractivity contribution in [2.75, 3.05) is 37.6 Å². The normalized spacial score (nSPS) is 14.1. The van der Waals surface area contributed by atoms with Crippen molar-refractivity contribution < 1.29 is 14.0 Å². The third kappa shape index (κ3) is 5.20. The summed E-state index contributed by atoms with van der Waals surface area (Å²) < 4.78 is 15.0. The number of aromatic nitrogens is 2. The molecule has 0 bridgehead atoms. The lowest BCUT2D eigenvalue weighted by Gasteiger charge is -2.36. The van der Waals surface area contributed by atoms with Crippen LogP contribution in [0.5, 0.6) is 0 Å². The van der Waals surface area contributed by atoms with Crippen molar-refractivity contribution in [3.63, 3.8) is 0 Å². The van der Waals surface area contributed by atoms with Gasteiger partial charge in [-0.3, -0.25) is 9.59 Å². The fourth-order valence-corrected chi connectivity index (χ4v) is 3.83. The highest BCUT2D eigenvalue weighted by Crippen LogP contribution is 2.17. The summed E-state index contributed by atoms with van der Waals surface area (Å²) >= 11 is 0. The van der Waals surface area contributed by atoms with E-state index in [1.165, 1.54) is 12.1 Å². The monoisotopic (exact) mass is 423 g/mol. The minimum absolute atomic E-state index is 0.0414. The third-order valence-electron chi connectivity index (χ3n) is 5.59. The second-order valence-electron chi connectivity index (χ2n) is 7.62. The summed E-state index contributed by atoms with van der Waals surface area (Å²) in [4.78, 5) is 32.9. The van der Waals surface area contributed by atoms with Crippen LogP contribution in [0.2, 0.25) is 0 Å². The van der Waals surface area contributed by atoms with E-state index in [0.717, 1.165) is 16.7 Å². The molecule has 31 heavy (non-hydrogen) atoms. The molecule has 1 saturated heterocycles. The molecule has 8 heteroatoms. The predicted octanol–water partition coefficient (Wildman–Crippen LogP) is 2.42. The van der Waals surface area contributed by atoms with Gasteiger partial charge < -0.3 is 19.7 Å². The number of hydrogen-bond acceptors (Lipinski definition) is 4. The lowest BCUT2D eigenvalue weighted by molar-refractivity contribution is -0.131. The van der Waals surface area contributed by atoms with Crippen LogP contribution in [0.3, 0.4) is 0 Å². The van der Waals surface area contributed by atoms with Gasteiger partial charge in [0.1, 0.15) is 5.82 Å². The minimum atomic E-state index is -0.252. The zero-order valence-corrected chi connectivity index (χ0v) is 17.3. The number of rotatable bonds is 7. The summed E-state index contributed by atoms with van der Waals surface area (Å²) in [5.74, 6) is -0.288. The first-order valence-electron chi connectivity index (χ1n) is 10.5. The number of aryl methyl sites for hydroxylation is 1. The summed E-state index contributed by atoms with van der Waals surface area (Å²) in [6, 6.07) is 14.2. The van der Waals surface area contributed by atoms with Crippen molar-refractivity contribution >= 4 is 28.5 Å². The molecule has 1 N–H and O–H groups in total. The highest BCUT2D eigenvalue weighted by Gasteiger charge is 2.21. The number of piperazine rings is 1. The molecule has 1 aromatic heterocycles. The number of nitrogens with one attached hydrogen (secondary N) is 1. The Morgan fingerprint density at radius 3 is 2.48 bits per heavy atom. The molecular formula is C23H26FN5O2. The van der Waals surface area contributed by atoms with Gasteiger partial charge in [-0.1, -0.05) is 12.1 Å². The van der Waals surface area contributed by atoms with Gasteiger partial charge in [-0.2, -0.15) is 0 Å². The number of carbonyl (C=O) groups is 2. The van der Waals surface area contributed by atoms with Crippen molar-refractivity contribution in [1.29, 1.82) is 0 Å². The van der Waals surface area contributed by atoms with Gasteiger partial charge in [0.25, 0.3) is 0 Å². The Balaban J connectivity index is 1.15. The van der Waals surface area contributed by atoms with Gasteiger partial charge in [-0.25, -0.2) is 9.37 Å². The quantitative estimate of drug-likeness (QED) is 0.634. The standard InChI is InChI=1S/C23H26FN5O2/c24-18-5-7-19(8-6-18)27-13-15-28(16-14-27)23(31)9-11-25-22(30)10-12-29-17-26-20-3-1-2-4-21(20)29/h1-8,17H,9-16H2,(H,25,30). The Kier molecular flexibility index (Phi) is 6.45. The van der Waals surface area contributed by atoms with Crippen LogP contribution in [0.1, 0.15) is 12.8 Å². The minimum Gasteiger partial charge on any atom is -0.368 e. The van der Waals surface area contributed by atoms with Gasteiger partial charge in [0, 0.05) is 57.8 Å². The number of hydrogen-bond donors (Lipinski definition) is 1. The second-order valence-corrected chi connectivity index (χ2v) is 7.62. The van der Waals surface area contributed by atoms with E-state index in [9.17, 15) is 14.0 Å². The molecule has 7 nitrogen and oxygen atoms in total. The molecule has 162 valence electrons. The van der Waals surface area contributed by atoms with Crippen molar-refractivity contribution in [2.24, 2.45) is 0 Å². The fraction of sp³-hybridized carbons (Fsp3) is 0.348. The first kappa shape index (κ1) is 20.8. The SMILES string of the molecule is O=C(CCn1cnc2ccccc21)NCCC(=O)N1CCN(c2ccc(F)cc2)CC1. The van der Waals surface area contributed by atoms with Crippen LogP contribution >= 0.6 is 0 Å². The third-order valence-corrected chi connectivity index (χ3v) is 5.59. The molecule has 1 fully saturated rings. The van der Waals surface area contributed by atoms with Crippen LogP contribution in [0.4, 0.5) is 10.1 Å². The number of benzene rings is 2. The Bertz CT molecular complexity index is 1040. The van der Waals surface area contributed by atoms with E-state index >= 15 is 0 Å². The van der Waals surface area contributed by atoms with Gasteiger partial charge in [-0.05, 0) is 36.4 Å². The number of imidazole rings is 1. The highest BCUT2D eigenvalue weighted by atomic mass is 19.1. The summed E-state index contributed by atoms with van der Waals surface area (Å²) in [6.45, 7) is 3.55. The Morgan fingerprint density at radius 2 is 1.71 bits per heavy atom. The molecular weight excluding hydrogens is 397 g/mol. The maximum Gasteiger partial charge on any atom is 0.224 e. The lowest BCUT2D eigenvalue weighted by atomic mass is 10.2. The molecule has 0 radical (unpaired) electrons. The van der Waals surface area contributed by atoms with Gasteiger partial charge in [0.2, 0.25) is 11.8 Å². The Hall–Kier alpha value is -3.42. The predicted molar refractivity (Wildman–Crippen MR) is 117 cm³/mol. The summed E-state index contributed by atoms with van der Waals surface area (Å²) in [7, 11) is 0. The van der Waals surface area contributed by atoms with Crippen LogP contribution in [0.25, 0.3) is 11.0 Å². The van der Waals surface area contributed by atoms with Gasteiger partial charge >= 0.3 is 0 Å². The van der Waals surface area contributed by atoms with E-state index in [0.29, 0.717) is 45.7 Å². The topological polar surface area (TPSA) is 70.5 Å². The first-order valence-corrected chi connectivity index (χ1v) is 10.5. The zero-order chi connectivity index (χ0) is 21.6. The highest BCUT2D eigenvalue weighted by molar-refractivity contribution is 5.79. The van der Waals surface area contributed by atoms with E-state index in [-0.39, 0.29) is 24.1 Å². The van der Waals surface area contributed by atoms with Gasteiger partial charge in [0.15, 0.2) is 0 Å². The van der Waals surface area contributed by atoms with E-state index in [2.05, 4.69) is 15.2 Å². The molecule has 2 aromatic carbocycles. The molecule has 1 aliphatic rings. The molecule has 1 aliphatic heterocycles. The molecule has 0 saturated carbocycles. The molecule has 2 heterocycles. The first-order chi connectivity index (χ1) is 15.1. The van der Waals surface area contributed by atoms with E-state index in [4.69, 9.17) is 0 Å². The Labute approximate surface area is 180 Å². The average Bonchev–Trinajstić information content (AvgIpc) is 3.21. The number of carbonyl (C=O) groups excluding carboxylic acids is 2. The van der Waals surface area contributed by atoms with E-state index in [1.54, 1.807) is 18.5 Å². The second kappa shape index (κ2) is 9.59. The van der Waals surface area contributed by atoms with E-state index < -0.39 is 0 Å². The van der Waals surface area contributed by atoms with Crippen LogP contribution in [0.15, 0.2) is 54.9 Å². The largest absolute Gasteiger partial charge is 0.368 e. The molecule has 0 spiro atoms. The maximum atomic E-state index is 13.1. The number of amides is 2. The number of para-hydroxylation sites is 2. The summed E-state index contributed by atoms with van der Waals surface area (Å²) in [6.07, 6.45) is 2.37. The number of nitrogens with zero attached hydrogens (tertiary/aromatic N) is 4.